The van der Waals surface area contributed by atoms with Crippen LogP contribution < -0.4 is 15.0 Å². The van der Waals surface area contributed by atoms with Gasteiger partial charge in [0.25, 0.3) is 12.3 Å². The highest BCUT2D eigenvalue weighted by Gasteiger charge is 2.38. The van der Waals surface area contributed by atoms with Crippen LogP contribution >= 0.6 is 0 Å². The predicted molar refractivity (Wildman–Crippen MR) is 143 cm³/mol. The number of methoxy groups -OCH3 is 1. The van der Waals surface area contributed by atoms with Gasteiger partial charge in [-0.3, -0.25) is 4.79 Å². The number of nitrogens with one attached hydrogen (secondary N) is 1. The Morgan fingerprint density at radius 2 is 1.77 bits per heavy atom. The van der Waals surface area contributed by atoms with Crippen molar-refractivity contribution < 1.29 is 54.9 Å². The van der Waals surface area contributed by atoms with Gasteiger partial charge in [0.1, 0.15) is 18.0 Å². The number of ether oxygens (including phenoxy) is 2. The van der Waals surface area contributed by atoms with E-state index in [1.54, 1.807) is 11.8 Å². The predicted octanol–water partition coefficient (Wildman–Crippen LogP) is 4.42. The van der Waals surface area contributed by atoms with Crippen LogP contribution in [0.1, 0.15) is 38.1 Å². The minimum atomic E-state index is -5.08. The Balaban J connectivity index is 0.000000676. The van der Waals surface area contributed by atoms with Crippen molar-refractivity contribution in [2.45, 2.75) is 70.5 Å². The fraction of sp³-hybridized carbons (Fsp3) is 0.556. The van der Waals surface area contributed by atoms with E-state index < -0.39 is 42.9 Å². The molecule has 3 heterocycles. The SMILES string of the molecule is CO[C@H](C)C(=O)N1Cc2nc(N3CCC(Oc4ccc(F)cc4F)CC3)c(NCC(F)F)nc2CC1C.O=C(O)C(F)(F)F. The number of amides is 1. The van der Waals surface area contributed by atoms with Crippen LogP contribution in [0.3, 0.4) is 0 Å². The second-order valence-corrected chi connectivity index (χ2v) is 10.1. The number of carbonyl (C=O) groups excluding carboxylic acids is 1. The summed E-state index contributed by atoms with van der Waals surface area (Å²) in [6, 6.07) is 3.02. The lowest BCUT2D eigenvalue weighted by atomic mass is 10.0. The van der Waals surface area contributed by atoms with Crippen LogP contribution in [0.15, 0.2) is 18.2 Å². The van der Waals surface area contributed by atoms with E-state index in [-0.39, 0.29) is 36.2 Å². The number of carboxylic acids is 1. The third-order valence-corrected chi connectivity index (χ3v) is 6.95. The van der Waals surface area contributed by atoms with Gasteiger partial charge in [-0.25, -0.2) is 32.3 Å². The number of hydrogen-bond acceptors (Lipinski definition) is 8. The molecular formula is C27H32F7N5O5. The van der Waals surface area contributed by atoms with E-state index in [2.05, 4.69) is 10.3 Å². The highest BCUT2D eigenvalue weighted by molar-refractivity contribution is 5.81. The van der Waals surface area contributed by atoms with E-state index in [1.807, 2.05) is 11.8 Å². The first-order chi connectivity index (χ1) is 20.6. The second-order valence-electron chi connectivity index (χ2n) is 10.1. The number of halogens is 7. The van der Waals surface area contributed by atoms with Crippen LogP contribution in [-0.4, -0.2) is 89.4 Å². The zero-order valence-corrected chi connectivity index (χ0v) is 24.0. The van der Waals surface area contributed by atoms with Gasteiger partial charge in [0.05, 0.1) is 24.5 Å². The number of benzene rings is 1. The first-order valence-electron chi connectivity index (χ1n) is 13.5. The van der Waals surface area contributed by atoms with E-state index in [1.165, 1.54) is 13.2 Å². The van der Waals surface area contributed by atoms with Gasteiger partial charge in [-0.15, -0.1) is 0 Å². The fourth-order valence-corrected chi connectivity index (χ4v) is 4.57. The zero-order chi connectivity index (χ0) is 32.8. The molecule has 0 bridgehead atoms. The Morgan fingerprint density at radius 1 is 1.14 bits per heavy atom. The Kier molecular flexibility index (Phi) is 11.6. The first kappa shape index (κ1) is 34.6. The number of aromatic nitrogens is 2. The van der Waals surface area contributed by atoms with Crippen LogP contribution in [0.4, 0.5) is 42.4 Å². The van der Waals surface area contributed by atoms with Gasteiger partial charge >= 0.3 is 12.1 Å². The van der Waals surface area contributed by atoms with Crippen LogP contribution in [-0.2, 0) is 27.3 Å². The molecule has 1 aromatic carbocycles. The lowest BCUT2D eigenvalue weighted by molar-refractivity contribution is -0.192. The number of carboxylic acid groups (broad SMARTS) is 1. The topological polar surface area (TPSA) is 117 Å². The van der Waals surface area contributed by atoms with Crippen molar-refractivity contribution in [3.05, 3.63) is 41.2 Å². The molecule has 244 valence electrons. The second kappa shape index (κ2) is 14.7. The van der Waals surface area contributed by atoms with Crippen molar-refractivity contribution in [2.24, 2.45) is 0 Å². The summed E-state index contributed by atoms with van der Waals surface area (Å²) in [5, 5.41) is 9.84. The van der Waals surface area contributed by atoms with Crippen molar-refractivity contribution in [1.82, 2.24) is 14.9 Å². The highest BCUT2D eigenvalue weighted by Crippen LogP contribution is 2.32. The summed E-state index contributed by atoms with van der Waals surface area (Å²) in [6.45, 7) is 4.17. The summed E-state index contributed by atoms with van der Waals surface area (Å²) in [4.78, 5) is 34.7. The molecule has 0 saturated carbocycles. The molecule has 2 N–H and O–H groups in total. The molecule has 1 fully saturated rings. The first-order valence-corrected chi connectivity index (χ1v) is 13.5. The van der Waals surface area contributed by atoms with Gasteiger partial charge in [-0.05, 0) is 26.0 Å². The Hall–Kier alpha value is -3.89. The summed E-state index contributed by atoms with van der Waals surface area (Å²) in [5.74, 6) is -3.69. The minimum Gasteiger partial charge on any atom is -0.487 e. The maximum Gasteiger partial charge on any atom is 0.490 e. The number of piperidine rings is 1. The molecule has 44 heavy (non-hydrogen) atoms. The Morgan fingerprint density at radius 3 is 2.32 bits per heavy atom. The number of anilines is 2. The van der Waals surface area contributed by atoms with Gasteiger partial charge in [-0.1, -0.05) is 0 Å². The maximum atomic E-state index is 14.0. The molecule has 1 saturated heterocycles. The Labute approximate surface area is 248 Å². The average Bonchev–Trinajstić information content (AvgIpc) is 2.96. The number of hydrogen-bond donors (Lipinski definition) is 2. The average molecular weight is 640 g/mol. The molecule has 1 aromatic heterocycles. The standard InChI is InChI=1S/C25H31F4N5O3.C2HF3O2/c1-14-10-19-20(13-34(14)25(35)15(2)36-3)32-24(23(31-19)30-12-22(28)29)33-8-6-17(7-9-33)37-21-5-4-16(26)11-18(21)27;3-2(4,5)1(6)7/h4-5,11,14-15,17,22H,6-10,12-13H2,1-3H3,(H,30,31);(H,6,7)/t14?,15-;/m1./s1. The molecule has 0 radical (unpaired) electrons. The molecule has 4 rings (SSSR count). The number of nitrogens with zero attached hydrogens (tertiary/aromatic N) is 4. The fourth-order valence-electron chi connectivity index (χ4n) is 4.57. The Bertz CT molecular complexity index is 1310. The molecule has 17 heteroatoms. The normalized spacial score (nSPS) is 17.8. The quantitative estimate of drug-likeness (QED) is 0.405. The van der Waals surface area contributed by atoms with E-state index in [0.717, 1.165) is 12.1 Å². The summed E-state index contributed by atoms with van der Waals surface area (Å²) in [7, 11) is 1.47. The number of aliphatic carboxylic acids is 1. The minimum absolute atomic E-state index is 0.0168. The molecule has 2 aliphatic rings. The molecule has 2 aromatic rings. The maximum absolute atomic E-state index is 14.0. The third kappa shape index (κ3) is 9.06. The van der Waals surface area contributed by atoms with Crippen LogP contribution in [0.25, 0.3) is 0 Å². The number of rotatable bonds is 8. The van der Waals surface area contributed by atoms with E-state index in [4.69, 9.17) is 24.4 Å². The number of fused-ring (bicyclic) bond motifs is 1. The summed E-state index contributed by atoms with van der Waals surface area (Å²) in [6.07, 6.45) is -7.10. The van der Waals surface area contributed by atoms with E-state index >= 15 is 0 Å². The zero-order valence-electron chi connectivity index (χ0n) is 24.0. The molecule has 1 amide bonds. The molecule has 2 atom stereocenters. The molecular weight excluding hydrogens is 607 g/mol. The highest BCUT2D eigenvalue weighted by atomic mass is 19.4. The van der Waals surface area contributed by atoms with Gasteiger partial charge < -0.3 is 29.7 Å². The van der Waals surface area contributed by atoms with Crippen molar-refractivity contribution >= 4 is 23.5 Å². The summed E-state index contributed by atoms with van der Waals surface area (Å²) >= 11 is 0. The number of carbonyl (C=O) groups is 2. The van der Waals surface area contributed by atoms with Gasteiger partial charge in [0.15, 0.2) is 23.2 Å². The lowest BCUT2D eigenvalue weighted by Gasteiger charge is -2.37. The monoisotopic (exact) mass is 639 g/mol. The van der Waals surface area contributed by atoms with E-state index in [0.29, 0.717) is 49.6 Å². The van der Waals surface area contributed by atoms with Crippen molar-refractivity contribution in [2.75, 3.05) is 37.0 Å². The van der Waals surface area contributed by atoms with Crippen molar-refractivity contribution in [3.8, 4) is 5.75 Å². The summed E-state index contributed by atoms with van der Waals surface area (Å²) < 4.78 is 95.9. The van der Waals surface area contributed by atoms with Crippen LogP contribution in [0.5, 0.6) is 5.75 Å². The molecule has 0 spiro atoms. The van der Waals surface area contributed by atoms with Crippen molar-refractivity contribution in [3.63, 3.8) is 0 Å². The summed E-state index contributed by atoms with van der Waals surface area (Å²) in [5.41, 5.74) is 1.27. The van der Waals surface area contributed by atoms with Gasteiger partial charge in [-0.2, -0.15) is 13.2 Å². The van der Waals surface area contributed by atoms with Crippen LogP contribution in [0.2, 0.25) is 0 Å². The largest absolute Gasteiger partial charge is 0.490 e. The van der Waals surface area contributed by atoms with E-state index in [9.17, 15) is 35.5 Å². The number of alkyl halides is 5. The smallest absolute Gasteiger partial charge is 0.487 e. The van der Waals surface area contributed by atoms with Crippen LogP contribution in [0, 0.1) is 11.6 Å². The molecule has 10 nitrogen and oxygen atoms in total. The molecule has 1 unspecified atom stereocenters. The molecule has 2 aliphatic heterocycles. The third-order valence-electron chi connectivity index (χ3n) is 6.95. The van der Waals surface area contributed by atoms with Gasteiger partial charge in [0.2, 0.25) is 0 Å². The molecule has 0 aliphatic carbocycles. The lowest BCUT2D eigenvalue weighted by Crippen LogP contribution is -2.47. The van der Waals surface area contributed by atoms with Gasteiger partial charge in [0, 0.05) is 51.6 Å². The van der Waals surface area contributed by atoms with Crippen molar-refractivity contribution in [1.29, 1.82) is 0 Å².